The third-order valence-corrected chi connectivity index (χ3v) is 1.22. The summed E-state index contributed by atoms with van der Waals surface area (Å²) in [5, 5.41) is 0. The van der Waals surface area contributed by atoms with Crippen molar-refractivity contribution in [2.45, 2.75) is 0 Å². The molecule has 0 saturated carbocycles. The molecule has 1 rings (SSSR count). The normalized spacial score (nSPS) is 9.27. The van der Waals surface area contributed by atoms with E-state index in [1.54, 1.807) is 0 Å². The smallest absolute Gasteiger partial charge is 0.178 e. The lowest BCUT2D eigenvalue weighted by Gasteiger charge is -2.00. The molecule has 58 valence electrons. The highest BCUT2D eigenvalue weighted by Gasteiger charge is 2.06. The van der Waals surface area contributed by atoms with Gasteiger partial charge in [0.05, 0.1) is 18.9 Å². The number of carbonyl (C=O) groups is 1. The molecule has 0 radical (unpaired) electrons. The van der Waals surface area contributed by atoms with E-state index in [0.29, 0.717) is 6.29 Å². The maximum atomic E-state index is 12.9. The highest BCUT2D eigenvalue weighted by atomic mass is 19.1. The Labute approximate surface area is 62.8 Å². The van der Waals surface area contributed by atoms with E-state index in [2.05, 4.69) is 9.72 Å². The third-order valence-electron chi connectivity index (χ3n) is 1.22. The summed E-state index contributed by atoms with van der Waals surface area (Å²) in [5.74, 6) is -0.688. The van der Waals surface area contributed by atoms with E-state index in [4.69, 9.17) is 0 Å². The number of ether oxygens (including phenoxy) is 1. The third kappa shape index (κ3) is 1.34. The van der Waals surface area contributed by atoms with E-state index in [9.17, 15) is 9.18 Å². The zero-order chi connectivity index (χ0) is 8.27. The van der Waals surface area contributed by atoms with Crippen LogP contribution in [0.3, 0.4) is 0 Å². The van der Waals surface area contributed by atoms with Crippen LogP contribution in [0.25, 0.3) is 0 Å². The fourth-order valence-corrected chi connectivity index (χ4v) is 0.665. The Bertz CT molecular complexity index is 275. The van der Waals surface area contributed by atoms with Gasteiger partial charge in [-0.25, -0.2) is 4.39 Å². The molecule has 4 heteroatoms. The Morgan fingerprint density at radius 3 is 2.91 bits per heavy atom. The Balaban J connectivity index is 3.20. The van der Waals surface area contributed by atoms with Crippen LogP contribution in [0.1, 0.15) is 10.4 Å². The predicted molar refractivity (Wildman–Crippen MR) is 36.1 cm³/mol. The summed E-state index contributed by atoms with van der Waals surface area (Å²) >= 11 is 0. The van der Waals surface area contributed by atoms with Crippen molar-refractivity contribution in [1.82, 2.24) is 4.98 Å². The molecule has 0 amide bonds. The van der Waals surface area contributed by atoms with Crippen molar-refractivity contribution in [3.8, 4) is 5.75 Å². The average Bonchev–Trinajstić information content (AvgIpc) is 2.05. The second kappa shape index (κ2) is 3.09. The van der Waals surface area contributed by atoms with Gasteiger partial charge in [-0.2, -0.15) is 0 Å². The Morgan fingerprint density at radius 1 is 1.64 bits per heavy atom. The fraction of sp³-hybridized carbons (Fsp3) is 0.143. The van der Waals surface area contributed by atoms with Crippen LogP contribution in [0, 0.1) is 5.82 Å². The lowest BCUT2D eigenvalue weighted by Crippen LogP contribution is -1.94. The van der Waals surface area contributed by atoms with Crippen molar-refractivity contribution in [3.63, 3.8) is 0 Å². The maximum absolute atomic E-state index is 12.9. The Morgan fingerprint density at radius 2 is 2.36 bits per heavy atom. The van der Waals surface area contributed by atoms with E-state index < -0.39 is 5.82 Å². The van der Waals surface area contributed by atoms with Gasteiger partial charge in [0.2, 0.25) is 0 Å². The SMILES string of the molecule is COc1cncc(C=O)c1F. The van der Waals surface area contributed by atoms with Crippen molar-refractivity contribution in [1.29, 1.82) is 0 Å². The summed E-state index contributed by atoms with van der Waals surface area (Å²) in [5.41, 5.74) is -0.0932. The molecule has 0 fully saturated rings. The number of hydrogen-bond acceptors (Lipinski definition) is 3. The molecule has 1 aromatic heterocycles. The molecule has 0 aromatic carbocycles. The average molecular weight is 155 g/mol. The van der Waals surface area contributed by atoms with Crippen LogP contribution in [0.15, 0.2) is 12.4 Å². The second-order valence-electron chi connectivity index (χ2n) is 1.86. The molecule has 0 unspecified atom stereocenters. The van der Waals surface area contributed by atoms with Crippen molar-refractivity contribution in [2.75, 3.05) is 7.11 Å². The van der Waals surface area contributed by atoms with Gasteiger partial charge in [-0.05, 0) is 0 Å². The molecular weight excluding hydrogens is 149 g/mol. The highest BCUT2D eigenvalue weighted by Crippen LogP contribution is 2.16. The molecule has 1 aromatic rings. The van der Waals surface area contributed by atoms with E-state index >= 15 is 0 Å². The van der Waals surface area contributed by atoms with Crippen LogP contribution in [-0.2, 0) is 0 Å². The Kier molecular flexibility index (Phi) is 2.15. The van der Waals surface area contributed by atoms with Crippen LogP contribution in [0.4, 0.5) is 4.39 Å². The molecule has 0 aliphatic rings. The number of pyridine rings is 1. The van der Waals surface area contributed by atoms with E-state index in [0.717, 1.165) is 6.20 Å². The van der Waals surface area contributed by atoms with Gasteiger partial charge in [0.1, 0.15) is 0 Å². The first-order valence-corrected chi connectivity index (χ1v) is 2.92. The van der Waals surface area contributed by atoms with E-state index in [1.807, 2.05) is 0 Å². The predicted octanol–water partition coefficient (Wildman–Crippen LogP) is 1.04. The number of rotatable bonds is 2. The topological polar surface area (TPSA) is 39.2 Å². The van der Waals surface area contributed by atoms with Crippen LogP contribution < -0.4 is 4.74 Å². The van der Waals surface area contributed by atoms with Crippen LogP contribution in [-0.4, -0.2) is 18.4 Å². The number of aromatic nitrogens is 1. The molecule has 0 N–H and O–H groups in total. The maximum Gasteiger partial charge on any atom is 0.178 e. The van der Waals surface area contributed by atoms with Crippen molar-refractivity contribution in [3.05, 3.63) is 23.8 Å². The molecule has 0 atom stereocenters. The first-order valence-electron chi connectivity index (χ1n) is 2.92. The minimum absolute atomic E-state index is 0.0189. The minimum atomic E-state index is -0.669. The summed E-state index contributed by atoms with van der Waals surface area (Å²) in [4.78, 5) is 13.8. The number of halogens is 1. The molecule has 1 heterocycles. The van der Waals surface area contributed by atoms with Gasteiger partial charge in [-0.1, -0.05) is 0 Å². The largest absolute Gasteiger partial charge is 0.492 e. The molecule has 0 spiro atoms. The van der Waals surface area contributed by atoms with Gasteiger partial charge in [-0.15, -0.1) is 0 Å². The van der Waals surface area contributed by atoms with E-state index in [-0.39, 0.29) is 11.3 Å². The Hall–Kier alpha value is -1.45. The summed E-state index contributed by atoms with van der Waals surface area (Å²) in [6, 6.07) is 0. The lowest BCUT2D eigenvalue weighted by atomic mass is 10.3. The highest BCUT2D eigenvalue weighted by molar-refractivity contribution is 5.75. The monoisotopic (exact) mass is 155 g/mol. The van der Waals surface area contributed by atoms with Crippen molar-refractivity contribution >= 4 is 6.29 Å². The minimum Gasteiger partial charge on any atom is -0.492 e. The molecule has 0 aliphatic heterocycles. The number of methoxy groups -OCH3 is 1. The zero-order valence-corrected chi connectivity index (χ0v) is 5.87. The second-order valence-corrected chi connectivity index (χ2v) is 1.86. The summed E-state index contributed by atoms with van der Waals surface area (Å²) < 4.78 is 17.5. The number of nitrogens with zero attached hydrogens (tertiary/aromatic N) is 1. The number of aldehydes is 1. The quantitative estimate of drug-likeness (QED) is 0.599. The molecule has 0 aliphatic carbocycles. The summed E-state index contributed by atoms with van der Waals surface area (Å²) in [6.07, 6.45) is 2.75. The first-order chi connectivity index (χ1) is 5.29. The number of hydrogen-bond donors (Lipinski definition) is 0. The van der Waals surface area contributed by atoms with Gasteiger partial charge >= 0.3 is 0 Å². The summed E-state index contributed by atoms with van der Waals surface area (Å²) in [6.45, 7) is 0. The number of carbonyl (C=O) groups excluding carboxylic acids is 1. The van der Waals surface area contributed by atoms with Gasteiger partial charge < -0.3 is 4.74 Å². The molecule has 3 nitrogen and oxygen atoms in total. The fourth-order valence-electron chi connectivity index (χ4n) is 0.665. The molecular formula is C7H6FNO2. The lowest BCUT2D eigenvalue weighted by molar-refractivity contribution is 0.111. The van der Waals surface area contributed by atoms with Gasteiger partial charge in [0.25, 0.3) is 0 Å². The first kappa shape index (κ1) is 7.65. The van der Waals surface area contributed by atoms with Crippen LogP contribution in [0.2, 0.25) is 0 Å². The summed E-state index contributed by atoms with van der Waals surface area (Å²) in [7, 11) is 1.31. The van der Waals surface area contributed by atoms with E-state index in [1.165, 1.54) is 13.3 Å². The van der Waals surface area contributed by atoms with Crippen molar-refractivity contribution in [2.24, 2.45) is 0 Å². The van der Waals surface area contributed by atoms with Gasteiger partial charge in [-0.3, -0.25) is 9.78 Å². The van der Waals surface area contributed by atoms with Crippen molar-refractivity contribution < 1.29 is 13.9 Å². The molecule has 0 saturated heterocycles. The molecule has 11 heavy (non-hydrogen) atoms. The van der Waals surface area contributed by atoms with Crippen LogP contribution in [0.5, 0.6) is 5.75 Å². The standard InChI is InChI=1S/C7H6FNO2/c1-11-6-3-9-2-5(4-10)7(6)8/h2-4H,1H3. The van der Waals surface area contributed by atoms with Gasteiger partial charge in [0, 0.05) is 6.20 Å². The van der Waals surface area contributed by atoms with Gasteiger partial charge in [0.15, 0.2) is 17.9 Å². The van der Waals surface area contributed by atoms with Crippen LogP contribution >= 0.6 is 0 Å². The molecule has 0 bridgehead atoms. The zero-order valence-electron chi connectivity index (χ0n) is 5.87.